The molecule has 1 aliphatic rings. The lowest BCUT2D eigenvalue weighted by molar-refractivity contribution is 0.660. The third kappa shape index (κ3) is 4.79. The normalized spacial score (nSPS) is 13.1. The molecule has 0 atom stereocenters. The Morgan fingerprint density at radius 1 is 0.392 bits per heavy atom. The van der Waals surface area contributed by atoms with Gasteiger partial charge in [0.1, 0.15) is 11.2 Å². The predicted molar refractivity (Wildman–Crippen MR) is 214 cm³/mol. The van der Waals surface area contributed by atoms with Crippen molar-refractivity contribution in [2.45, 2.75) is 19.3 Å². The van der Waals surface area contributed by atoms with Gasteiger partial charge in [0.15, 0.2) is 0 Å². The fraction of sp³-hybridized carbons (Fsp3) is 0.0612. The molecule has 0 radical (unpaired) electrons. The summed E-state index contributed by atoms with van der Waals surface area (Å²) in [5, 5.41) is 4.79. The van der Waals surface area contributed by atoms with Gasteiger partial charge < -0.3 is 9.32 Å². The van der Waals surface area contributed by atoms with Gasteiger partial charge in [-0.25, -0.2) is 0 Å². The van der Waals surface area contributed by atoms with Gasteiger partial charge in [-0.15, -0.1) is 0 Å². The van der Waals surface area contributed by atoms with Crippen LogP contribution in [-0.2, 0) is 5.41 Å². The van der Waals surface area contributed by atoms with Crippen LogP contribution < -0.4 is 4.90 Å². The van der Waals surface area contributed by atoms with Crippen LogP contribution in [0.2, 0.25) is 0 Å². The van der Waals surface area contributed by atoms with Crippen LogP contribution >= 0.6 is 0 Å². The van der Waals surface area contributed by atoms with Gasteiger partial charge in [-0.3, -0.25) is 0 Å². The molecule has 0 fully saturated rings. The second-order valence-electron chi connectivity index (χ2n) is 14.2. The molecule has 242 valence electrons. The summed E-state index contributed by atoms with van der Waals surface area (Å²) in [6, 6.07) is 63.8. The van der Waals surface area contributed by atoms with E-state index in [0.717, 1.165) is 50.1 Å². The molecule has 10 rings (SSSR count). The number of rotatable bonds is 5. The lowest BCUT2D eigenvalue weighted by atomic mass is 9.82. The topological polar surface area (TPSA) is 16.4 Å². The zero-order valence-corrected chi connectivity index (χ0v) is 28.6. The molecule has 0 amide bonds. The van der Waals surface area contributed by atoms with Crippen LogP contribution in [0.25, 0.3) is 66.1 Å². The fourth-order valence-electron chi connectivity index (χ4n) is 8.18. The molecule has 0 unspecified atom stereocenters. The van der Waals surface area contributed by atoms with Gasteiger partial charge in [0, 0.05) is 33.2 Å². The first-order valence-corrected chi connectivity index (χ1v) is 17.7. The standard InChI is InChI=1S/C49H35NO/c1-49(2)45-16-7-5-14-41(45)42-27-25-40(31-46(42)49)50(39-13-9-12-35(29-39)36-19-18-32-10-3-4-11-34(32)28-36)38-23-20-33(21-24-38)37-22-26-44-43-15-6-8-17-47(43)51-48(44)30-37/h3-31H,1-2H3. The quantitative estimate of drug-likeness (QED) is 0.184. The van der Waals surface area contributed by atoms with Gasteiger partial charge in [0.05, 0.1) is 0 Å². The second kappa shape index (κ2) is 11.3. The van der Waals surface area contributed by atoms with Crippen LogP contribution in [0.15, 0.2) is 180 Å². The molecular weight excluding hydrogens is 619 g/mol. The number of fused-ring (bicyclic) bond motifs is 7. The maximum absolute atomic E-state index is 6.23. The van der Waals surface area contributed by atoms with Crippen molar-refractivity contribution in [3.05, 3.63) is 187 Å². The molecule has 2 heteroatoms. The SMILES string of the molecule is CC1(C)c2ccccc2-c2ccc(N(c3ccc(-c4ccc5c(c4)oc4ccccc45)cc3)c3cccc(-c4ccc5ccccc5c4)c3)cc21. The Hall–Kier alpha value is -6.38. The van der Waals surface area contributed by atoms with Crippen molar-refractivity contribution in [2.24, 2.45) is 0 Å². The minimum atomic E-state index is -0.0975. The van der Waals surface area contributed by atoms with E-state index in [0.29, 0.717) is 0 Å². The summed E-state index contributed by atoms with van der Waals surface area (Å²) in [4.78, 5) is 2.40. The van der Waals surface area contributed by atoms with Gasteiger partial charge in [-0.2, -0.15) is 0 Å². The monoisotopic (exact) mass is 653 g/mol. The zero-order chi connectivity index (χ0) is 34.1. The molecule has 9 aromatic rings. The number of benzene rings is 8. The first-order chi connectivity index (χ1) is 25.0. The van der Waals surface area contributed by atoms with E-state index in [9.17, 15) is 0 Å². The van der Waals surface area contributed by atoms with Crippen molar-refractivity contribution < 1.29 is 4.42 Å². The molecule has 0 saturated heterocycles. The second-order valence-corrected chi connectivity index (χ2v) is 14.2. The van der Waals surface area contributed by atoms with E-state index in [1.165, 1.54) is 44.2 Å². The summed E-state index contributed by atoms with van der Waals surface area (Å²) in [5.41, 5.74) is 15.2. The van der Waals surface area contributed by atoms with Crippen LogP contribution in [0, 0.1) is 0 Å². The molecule has 51 heavy (non-hydrogen) atoms. The number of anilines is 3. The lowest BCUT2D eigenvalue weighted by Gasteiger charge is -2.28. The minimum absolute atomic E-state index is 0.0975. The van der Waals surface area contributed by atoms with Crippen molar-refractivity contribution in [3.63, 3.8) is 0 Å². The maximum atomic E-state index is 6.23. The third-order valence-corrected chi connectivity index (χ3v) is 10.9. The van der Waals surface area contributed by atoms with Crippen LogP contribution in [0.1, 0.15) is 25.0 Å². The minimum Gasteiger partial charge on any atom is -0.456 e. The van der Waals surface area contributed by atoms with Crippen molar-refractivity contribution in [1.82, 2.24) is 0 Å². The average molecular weight is 654 g/mol. The van der Waals surface area contributed by atoms with E-state index >= 15 is 0 Å². The van der Waals surface area contributed by atoms with Crippen molar-refractivity contribution in [1.29, 1.82) is 0 Å². The summed E-state index contributed by atoms with van der Waals surface area (Å²) in [5.74, 6) is 0. The molecule has 0 aliphatic heterocycles. The van der Waals surface area contributed by atoms with E-state index in [4.69, 9.17) is 4.42 Å². The summed E-state index contributed by atoms with van der Waals surface area (Å²) in [6.07, 6.45) is 0. The fourth-order valence-corrected chi connectivity index (χ4v) is 8.18. The Morgan fingerprint density at radius 2 is 1.04 bits per heavy atom. The lowest BCUT2D eigenvalue weighted by Crippen LogP contribution is -2.16. The number of nitrogens with zero attached hydrogens (tertiary/aromatic N) is 1. The van der Waals surface area contributed by atoms with Crippen LogP contribution in [0.4, 0.5) is 17.1 Å². The first-order valence-electron chi connectivity index (χ1n) is 17.7. The summed E-state index contributed by atoms with van der Waals surface area (Å²) < 4.78 is 6.23. The molecule has 0 spiro atoms. The number of furan rings is 1. The molecule has 0 bridgehead atoms. The third-order valence-electron chi connectivity index (χ3n) is 10.9. The van der Waals surface area contributed by atoms with Crippen LogP contribution in [0.3, 0.4) is 0 Å². The highest BCUT2D eigenvalue weighted by molar-refractivity contribution is 6.06. The molecule has 0 N–H and O–H groups in total. The van der Waals surface area contributed by atoms with E-state index < -0.39 is 0 Å². The van der Waals surface area contributed by atoms with Crippen molar-refractivity contribution in [3.8, 4) is 33.4 Å². The van der Waals surface area contributed by atoms with Gasteiger partial charge in [0.2, 0.25) is 0 Å². The number of hydrogen-bond donors (Lipinski definition) is 0. The van der Waals surface area contributed by atoms with Gasteiger partial charge >= 0.3 is 0 Å². The highest BCUT2D eigenvalue weighted by Crippen LogP contribution is 2.50. The molecule has 0 saturated carbocycles. The Labute approximate surface area is 297 Å². The Kier molecular flexibility index (Phi) is 6.56. The van der Waals surface area contributed by atoms with Crippen LogP contribution in [0.5, 0.6) is 0 Å². The molecular formula is C49H35NO. The van der Waals surface area contributed by atoms with Crippen molar-refractivity contribution >= 4 is 49.8 Å². The number of para-hydroxylation sites is 1. The Balaban J connectivity index is 1.09. The van der Waals surface area contributed by atoms with E-state index in [-0.39, 0.29) is 5.41 Å². The molecule has 1 heterocycles. The summed E-state index contributed by atoms with van der Waals surface area (Å²) in [7, 11) is 0. The molecule has 2 nitrogen and oxygen atoms in total. The van der Waals surface area contributed by atoms with Gasteiger partial charge in [-0.05, 0) is 116 Å². The molecule has 8 aromatic carbocycles. The average Bonchev–Trinajstić information content (AvgIpc) is 3.66. The van der Waals surface area contributed by atoms with Crippen LogP contribution in [-0.4, -0.2) is 0 Å². The van der Waals surface area contributed by atoms with Crippen molar-refractivity contribution in [2.75, 3.05) is 4.90 Å². The Morgan fingerprint density at radius 3 is 1.94 bits per heavy atom. The molecule has 1 aliphatic carbocycles. The van der Waals surface area contributed by atoms with Gasteiger partial charge in [-0.1, -0.05) is 129 Å². The van der Waals surface area contributed by atoms with Gasteiger partial charge in [0.25, 0.3) is 0 Å². The predicted octanol–water partition coefficient (Wildman–Crippen LogP) is 13.8. The first kappa shape index (κ1) is 29.5. The number of hydrogen-bond acceptors (Lipinski definition) is 2. The largest absolute Gasteiger partial charge is 0.456 e. The van der Waals surface area contributed by atoms with E-state index in [1.807, 2.05) is 12.1 Å². The maximum Gasteiger partial charge on any atom is 0.136 e. The zero-order valence-electron chi connectivity index (χ0n) is 28.6. The summed E-state index contributed by atoms with van der Waals surface area (Å²) in [6.45, 7) is 4.69. The highest BCUT2D eigenvalue weighted by atomic mass is 16.3. The van der Waals surface area contributed by atoms with E-state index in [1.54, 1.807) is 0 Å². The smallest absolute Gasteiger partial charge is 0.136 e. The molecule has 1 aromatic heterocycles. The summed E-state index contributed by atoms with van der Waals surface area (Å²) >= 11 is 0. The Bertz CT molecular complexity index is 2780. The van der Waals surface area contributed by atoms with E-state index in [2.05, 4.69) is 183 Å². The highest BCUT2D eigenvalue weighted by Gasteiger charge is 2.35.